The molecule has 0 aliphatic carbocycles. The van der Waals surface area contributed by atoms with Gasteiger partial charge in [0.2, 0.25) is 0 Å². The Hall–Kier alpha value is -1.81. The number of nitrogens with zero attached hydrogens (tertiary/aromatic N) is 2. The maximum Gasteiger partial charge on any atom is 0.119 e. The lowest BCUT2D eigenvalue weighted by atomic mass is 10.1. The van der Waals surface area contributed by atoms with Crippen molar-refractivity contribution < 1.29 is 9.84 Å². The number of hydrogen-bond acceptors (Lipinski definition) is 3. The van der Waals surface area contributed by atoms with E-state index in [4.69, 9.17) is 4.74 Å². The first-order valence-electron chi connectivity index (χ1n) is 5.49. The Kier molecular flexibility index (Phi) is 3.44. The van der Waals surface area contributed by atoms with Crippen molar-refractivity contribution in [2.24, 2.45) is 7.05 Å². The number of rotatable bonds is 4. The minimum atomic E-state index is -0.580. The quantitative estimate of drug-likeness (QED) is 0.872. The second-order valence-corrected chi connectivity index (χ2v) is 3.99. The van der Waals surface area contributed by atoms with Crippen molar-refractivity contribution in [1.29, 1.82) is 0 Å². The van der Waals surface area contributed by atoms with E-state index in [1.807, 2.05) is 43.6 Å². The van der Waals surface area contributed by atoms with Crippen LogP contribution in [-0.4, -0.2) is 22.0 Å². The molecule has 4 heteroatoms. The van der Waals surface area contributed by atoms with E-state index in [0.717, 1.165) is 11.3 Å². The molecule has 1 aromatic heterocycles. The molecule has 0 aliphatic rings. The molecule has 1 N–H and O–H groups in total. The van der Waals surface area contributed by atoms with Gasteiger partial charge >= 0.3 is 0 Å². The van der Waals surface area contributed by atoms with Gasteiger partial charge in [0.05, 0.1) is 12.8 Å². The zero-order chi connectivity index (χ0) is 12.3. The Morgan fingerprint density at radius 3 is 2.88 bits per heavy atom. The van der Waals surface area contributed by atoms with Crippen molar-refractivity contribution in [2.75, 3.05) is 7.11 Å². The summed E-state index contributed by atoms with van der Waals surface area (Å²) in [5, 5.41) is 14.2. The molecule has 0 saturated carbocycles. The Balaban J connectivity index is 2.09. The van der Waals surface area contributed by atoms with Crippen LogP contribution in [0.5, 0.6) is 5.75 Å². The van der Waals surface area contributed by atoms with Crippen molar-refractivity contribution in [2.45, 2.75) is 12.5 Å². The number of aliphatic hydroxyl groups is 1. The van der Waals surface area contributed by atoms with Gasteiger partial charge in [-0.05, 0) is 23.8 Å². The lowest BCUT2D eigenvalue weighted by Gasteiger charge is -2.09. The monoisotopic (exact) mass is 232 g/mol. The summed E-state index contributed by atoms with van der Waals surface area (Å²) in [6.07, 6.45) is 1.78. The second-order valence-electron chi connectivity index (χ2n) is 3.99. The number of aromatic nitrogens is 2. The summed E-state index contributed by atoms with van der Waals surface area (Å²) in [7, 11) is 3.47. The van der Waals surface area contributed by atoms with E-state index < -0.39 is 6.10 Å². The van der Waals surface area contributed by atoms with Crippen molar-refractivity contribution in [3.05, 3.63) is 47.8 Å². The van der Waals surface area contributed by atoms with Gasteiger partial charge in [-0.3, -0.25) is 4.68 Å². The van der Waals surface area contributed by atoms with E-state index in [1.54, 1.807) is 11.8 Å². The molecular weight excluding hydrogens is 216 g/mol. The zero-order valence-electron chi connectivity index (χ0n) is 10.00. The molecule has 0 spiro atoms. The summed E-state index contributed by atoms with van der Waals surface area (Å²) in [6, 6.07) is 9.52. The van der Waals surface area contributed by atoms with E-state index in [1.165, 1.54) is 0 Å². The molecule has 4 nitrogen and oxygen atoms in total. The van der Waals surface area contributed by atoms with Crippen LogP contribution in [0.1, 0.15) is 17.4 Å². The highest BCUT2D eigenvalue weighted by molar-refractivity contribution is 5.29. The van der Waals surface area contributed by atoms with Crippen LogP contribution < -0.4 is 4.74 Å². The Bertz CT molecular complexity index is 494. The van der Waals surface area contributed by atoms with E-state index in [-0.39, 0.29) is 0 Å². The van der Waals surface area contributed by atoms with Gasteiger partial charge in [0.1, 0.15) is 11.9 Å². The molecule has 17 heavy (non-hydrogen) atoms. The van der Waals surface area contributed by atoms with Gasteiger partial charge in [0.15, 0.2) is 0 Å². The van der Waals surface area contributed by atoms with Crippen molar-refractivity contribution >= 4 is 0 Å². The number of aliphatic hydroxyl groups excluding tert-OH is 1. The van der Waals surface area contributed by atoms with Crippen LogP contribution in [-0.2, 0) is 13.5 Å². The molecule has 1 unspecified atom stereocenters. The summed E-state index contributed by atoms with van der Waals surface area (Å²) >= 11 is 0. The molecule has 0 radical (unpaired) electrons. The highest BCUT2D eigenvalue weighted by Gasteiger charge is 2.11. The van der Waals surface area contributed by atoms with Crippen LogP contribution in [0, 0.1) is 0 Å². The van der Waals surface area contributed by atoms with E-state index >= 15 is 0 Å². The fourth-order valence-corrected chi connectivity index (χ4v) is 1.74. The average Bonchev–Trinajstić information content (AvgIpc) is 2.76. The normalized spacial score (nSPS) is 12.4. The highest BCUT2D eigenvalue weighted by Crippen LogP contribution is 2.19. The standard InChI is InChI=1S/C13H16N2O2/c1-15-7-6-12(14-15)13(16)9-10-4-3-5-11(8-10)17-2/h3-8,13,16H,9H2,1-2H3. The largest absolute Gasteiger partial charge is 0.497 e. The van der Waals surface area contributed by atoms with Gasteiger partial charge < -0.3 is 9.84 Å². The first kappa shape index (κ1) is 11.7. The van der Waals surface area contributed by atoms with Crippen LogP contribution in [0.15, 0.2) is 36.5 Å². The minimum Gasteiger partial charge on any atom is -0.497 e. The first-order chi connectivity index (χ1) is 8.19. The number of benzene rings is 1. The molecule has 1 atom stereocenters. The number of aryl methyl sites for hydroxylation is 1. The second kappa shape index (κ2) is 5.01. The minimum absolute atomic E-state index is 0.536. The molecule has 1 aromatic carbocycles. The first-order valence-corrected chi connectivity index (χ1v) is 5.49. The maximum atomic E-state index is 10.0. The third kappa shape index (κ3) is 2.85. The van der Waals surface area contributed by atoms with Gasteiger partial charge in [-0.15, -0.1) is 0 Å². The van der Waals surface area contributed by atoms with Gasteiger partial charge in [0, 0.05) is 19.7 Å². The van der Waals surface area contributed by atoms with Gasteiger partial charge in [-0.1, -0.05) is 12.1 Å². The van der Waals surface area contributed by atoms with Crippen LogP contribution in [0.2, 0.25) is 0 Å². The van der Waals surface area contributed by atoms with Crippen LogP contribution in [0.25, 0.3) is 0 Å². The smallest absolute Gasteiger partial charge is 0.119 e. The van der Waals surface area contributed by atoms with Crippen LogP contribution >= 0.6 is 0 Å². The van der Waals surface area contributed by atoms with E-state index in [0.29, 0.717) is 12.1 Å². The molecule has 0 saturated heterocycles. The number of hydrogen-bond donors (Lipinski definition) is 1. The summed E-state index contributed by atoms with van der Waals surface area (Å²) in [6.45, 7) is 0. The number of ether oxygens (including phenoxy) is 1. The highest BCUT2D eigenvalue weighted by atomic mass is 16.5. The topological polar surface area (TPSA) is 47.3 Å². The van der Waals surface area contributed by atoms with Crippen molar-refractivity contribution in [1.82, 2.24) is 9.78 Å². The third-order valence-electron chi connectivity index (χ3n) is 2.64. The molecule has 0 amide bonds. The lowest BCUT2D eigenvalue weighted by Crippen LogP contribution is -2.03. The summed E-state index contributed by atoms with van der Waals surface area (Å²) < 4.78 is 6.83. The molecule has 2 aromatic rings. The third-order valence-corrected chi connectivity index (χ3v) is 2.64. The van der Waals surface area contributed by atoms with Gasteiger partial charge in [0.25, 0.3) is 0 Å². The lowest BCUT2D eigenvalue weighted by molar-refractivity contribution is 0.172. The zero-order valence-corrected chi connectivity index (χ0v) is 10.00. The van der Waals surface area contributed by atoms with Gasteiger partial charge in [-0.25, -0.2) is 0 Å². The Morgan fingerprint density at radius 1 is 1.41 bits per heavy atom. The fraction of sp³-hybridized carbons (Fsp3) is 0.308. The molecule has 1 heterocycles. The molecule has 90 valence electrons. The summed E-state index contributed by atoms with van der Waals surface area (Å²) in [4.78, 5) is 0. The molecule has 0 fully saturated rings. The molecule has 2 rings (SSSR count). The van der Waals surface area contributed by atoms with E-state index in [9.17, 15) is 5.11 Å². The SMILES string of the molecule is COc1cccc(CC(O)c2ccn(C)n2)c1. The van der Waals surface area contributed by atoms with E-state index in [2.05, 4.69) is 5.10 Å². The van der Waals surface area contributed by atoms with Crippen molar-refractivity contribution in [3.63, 3.8) is 0 Å². The molecule has 0 aliphatic heterocycles. The number of methoxy groups -OCH3 is 1. The predicted octanol–water partition coefficient (Wildman–Crippen LogP) is 1.70. The van der Waals surface area contributed by atoms with Crippen LogP contribution in [0.4, 0.5) is 0 Å². The molecular formula is C13H16N2O2. The molecule has 0 bridgehead atoms. The fourth-order valence-electron chi connectivity index (χ4n) is 1.74. The van der Waals surface area contributed by atoms with Crippen LogP contribution in [0.3, 0.4) is 0 Å². The predicted molar refractivity (Wildman–Crippen MR) is 64.9 cm³/mol. The Morgan fingerprint density at radius 2 is 2.24 bits per heavy atom. The summed E-state index contributed by atoms with van der Waals surface area (Å²) in [5.74, 6) is 0.802. The summed E-state index contributed by atoms with van der Waals surface area (Å²) in [5.41, 5.74) is 1.72. The maximum absolute atomic E-state index is 10.0. The van der Waals surface area contributed by atoms with Gasteiger partial charge in [-0.2, -0.15) is 5.10 Å². The Labute approximate surface area is 100 Å². The van der Waals surface area contributed by atoms with Crippen molar-refractivity contribution in [3.8, 4) is 5.75 Å². The average molecular weight is 232 g/mol.